The first-order valence-corrected chi connectivity index (χ1v) is 5.17. The zero-order valence-electron chi connectivity index (χ0n) is 9.12. The monoisotopic (exact) mass is 187 g/mol. The predicted octanol–water partition coefficient (Wildman–Crippen LogP) is 3.59. The average Bonchev–Trinajstić information content (AvgIpc) is 2.66. The molecule has 0 saturated heterocycles. The standard InChI is InChI=1S/C11H11N.C2H6/c1-2-5-11-10-7-4-3-6-9(10)8-12-11;1-2/h2-7H,8H2,1H3;1-2H3/b5-2+;. The minimum Gasteiger partial charge on any atom is -0.280 e. The number of benzene rings is 1. The lowest BCUT2D eigenvalue weighted by molar-refractivity contribution is 1.11. The molecule has 0 bridgehead atoms. The molecule has 1 heteroatoms. The van der Waals surface area contributed by atoms with E-state index in [1.54, 1.807) is 0 Å². The second-order valence-electron chi connectivity index (χ2n) is 2.86. The third-order valence-corrected chi connectivity index (χ3v) is 2.04. The molecule has 1 heterocycles. The van der Waals surface area contributed by atoms with Crippen LogP contribution in [0.15, 0.2) is 41.4 Å². The number of fused-ring (bicyclic) bond motifs is 1. The lowest BCUT2D eigenvalue weighted by atomic mass is 10.1. The molecular weight excluding hydrogens is 170 g/mol. The lowest BCUT2D eigenvalue weighted by Crippen LogP contribution is -1.92. The zero-order chi connectivity index (χ0) is 10.4. The summed E-state index contributed by atoms with van der Waals surface area (Å²) in [5.74, 6) is 0. The molecule has 1 nitrogen and oxygen atoms in total. The average molecular weight is 187 g/mol. The van der Waals surface area contributed by atoms with E-state index in [0.29, 0.717) is 0 Å². The van der Waals surface area contributed by atoms with Crippen LogP contribution in [0.25, 0.3) is 0 Å². The van der Waals surface area contributed by atoms with Gasteiger partial charge in [0.1, 0.15) is 0 Å². The molecular formula is C13H17N. The van der Waals surface area contributed by atoms with Gasteiger partial charge in [-0.15, -0.1) is 0 Å². The van der Waals surface area contributed by atoms with Crippen LogP contribution in [0.2, 0.25) is 0 Å². The van der Waals surface area contributed by atoms with E-state index in [2.05, 4.69) is 35.3 Å². The highest BCUT2D eigenvalue weighted by atomic mass is 14.8. The smallest absolute Gasteiger partial charge is 0.0653 e. The van der Waals surface area contributed by atoms with Crippen LogP contribution in [0.3, 0.4) is 0 Å². The van der Waals surface area contributed by atoms with Crippen molar-refractivity contribution in [2.45, 2.75) is 27.3 Å². The van der Waals surface area contributed by atoms with E-state index in [9.17, 15) is 0 Å². The molecule has 0 amide bonds. The van der Waals surface area contributed by atoms with Gasteiger partial charge in [0.2, 0.25) is 0 Å². The second kappa shape index (κ2) is 5.38. The van der Waals surface area contributed by atoms with Crippen LogP contribution < -0.4 is 0 Å². The Balaban J connectivity index is 0.000000461. The van der Waals surface area contributed by atoms with E-state index in [1.807, 2.05) is 26.8 Å². The molecule has 0 saturated carbocycles. The van der Waals surface area contributed by atoms with Crippen LogP contribution in [0, 0.1) is 0 Å². The molecule has 0 atom stereocenters. The summed E-state index contributed by atoms with van der Waals surface area (Å²) in [6.07, 6.45) is 4.09. The minimum atomic E-state index is 0.843. The van der Waals surface area contributed by atoms with Gasteiger partial charge in [0.25, 0.3) is 0 Å². The van der Waals surface area contributed by atoms with Crippen molar-refractivity contribution in [2.75, 3.05) is 0 Å². The molecule has 0 unspecified atom stereocenters. The first-order valence-electron chi connectivity index (χ1n) is 5.17. The molecule has 0 aliphatic carbocycles. The quantitative estimate of drug-likeness (QED) is 0.637. The van der Waals surface area contributed by atoms with Gasteiger partial charge in [-0.3, -0.25) is 4.99 Å². The van der Waals surface area contributed by atoms with Crippen LogP contribution >= 0.6 is 0 Å². The summed E-state index contributed by atoms with van der Waals surface area (Å²) in [7, 11) is 0. The number of nitrogens with zero attached hydrogens (tertiary/aromatic N) is 1. The number of rotatable bonds is 1. The molecule has 0 fully saturated rings. The van der Waals surface area contributed by atoms with Crippen molar-refractivity contribution in [1.82, 2.24) is 0 Å². The summed E-state index contributed by atoms with van der Waals surface area (Å²) >= 11 is 0. The Morgan fingerprint density at radius 2 is 1.93 bits per heavy atom. The van der Waals surface area contributed by atoms with Gasteiger partial charge in [0.15, 0.2) is 0 Å². The molecule has 1 aromatic carbocycles. The first kappa shape index (κ1) is 10.7. The van der Waals surface area contributed by atoms with Crippen LogP contribution in [0.1, 0.15) is 31.9 Å². The summed E-state index contributed by atoms with van der Waals surface area (Å²) < 4.78 is 0. The third kappa shape index (κ3) is 2.11. The van der Waals surface area contributed by atoms with Gasteiger partial charge in [-0.2, -0.15) is 0 Å². The summed E-state index contributed by atoms with van der Waals surface area (Å²) in [6, 6.07) is 8.38. The van der Waals surface area contributed by atoms with Gasteiger partial charge in [-0.05, 0) is 18.6 Å². The van der Waals surface area contributed by atoms with Crippen LogP contribution in [-0.4, -0.2) is 5.71 Å². The highest BCUT2D eigenvalue weighted by Gasteiger charge is 2.10. The van der Waals surface area contributed by atoms with E-state index in [1.165, 1.54) is 11.1 Å². The van der Waals surface area contributed by atoms with Crippen LogP contribution in [0.5, 0.6) is 0 Å². The van der Waals surface area contributed by atoms with Gasteiger partial charge < -0.3 is 0 Å². The molecule has 1 aromatic rings. The maximum atomic E-state index is 4.42. The Morgan fingerprint density at radius 3 is 2.64 bits per heavy atom. The molecule has 74 valence electrons. The number of allylic oxidation sites excluding steroid dienone is 2. The molecule has 0 N–H and O–H groups in total. The van der Waals surface area contributed by atoms with E-state index >= 15 is 0 Å². The Morgan fingerprint density at radius 1 is 1.21 bits per heavy atom. The fourth-order valence-electron chi connectivity index (χ4n) is 1.46. The fraction of sp³-hybridized carbons (Fsp3) is 0.308. The number of hydrogen-bond acceptors (Lipinski definition) is 1. The summed E-state index contributed by atoms with van der Waals surface area (Å²) in [6.45, 7) is 6.86. The van der Waals surface area contributed by atoms with E-state index in [0.717, 1.165) is 12.3 Å². The Hall–Kier alpha value is -1.37. The number of aliphatic imine (C=N–C) groups is 1. The molecule has 2 rings (SSSR count). The SMILES string of the molecule is C/C=C/C1=NCc2ccccc21.CC. The van der Waals surface area contributed by atoms with Crippen LogP contribution in [-0.2, 0) is 6.54 Å². The summed E-state index contributed by atoms with van der Waals surface area (Å²) in [5, 5.41) is 0. The second-order valence-corrected chi connectivity index (χ2v) is 2.86. The third-order valence-electron chi connectivity index (χ3n) is 2.04. The summed E-state index contributed by atoms with van der Waals surface area (Å²) in [5.41, 5.74) is 3.74. The maximum Gasteiger partial charge on any atom is 0.0653 e. The molecule has 1 aliphatic heterocycles. The van der Waals surface area contributed by atoms with Gasteiger partial charge in [-0.25, -0.2) is 0 Å². The molecule has 1 aliphatic rings. The Kier molecular flexibility index (Phi) is 4.11. The first-order chi connectivity index (χ1) is 6.92. The summed E-state index contributed by atoms with van der Waals surface area (Å²) in [4.78, 5) is 4.42. The highest BCUT2D eigenvalue weighted by molar-refractivity contribution is 6.11. The van der Waals surface area contributed by atoms with Crippen molar-refractivity contribution in [2.24, 2.45) is 4.99 Å². The van der Waals surface area contributed by atoms with Crippen molar-refractivity contribution in [1.29, 1.82) is 0 Å². The molecule has 0 spiro atoms. The maximum absolute atomic E-state index is 4.42. The van der Waals surface area contributed by atoms with Crippen molar-refractivity contribution < 1.29 is 0 Å². The van der Waals surface area contributed by atoms with Gasteiger partial charge in [0.05, 0.1) is 12.3 Å². The largest absolute Gasteiger partial charge is 0.280 e. The fourth-order valence-corrected chi connectivity index (χ4v) is 1.46. The minimum absolute atomic E-state index is 0.843. The van der Waals surface area contributed by atoms with E-state index < -0.39 is 0 Å². The van der Waals surface area contributed by atoms with Gasteiger partial charge in [0, 0.05) is 5.56 Å². The van der Waals surface area contributed by atoms with E-state index in [-0.39, 0.29) is 0 Å². The molecule has 0 radical (unpaired) electrons. The van der Waals surface area contributed by atoms with Crippen molar-refractivity contribution in [3.8, 4) is 0 Å². The predicted molar refractivity (Wildman–Crippen MR) is 62.8 cm³/mol. The van der Waals surface area contributed by atoms with Crippen molar-refractivity contribution in [3.63, 3.8) is 0 Å². The lowest BCUT2D eigenvalue weighted by Gasteiger charge is -1.96. The molecule has 14 heavy (non-hydrogen) atoms. The topological polar surface area (TPSA) is 12.4 Å². The zero-order valence-corrected chi connectivity index (χ0v) is 9.12. The number of hydrogen-bond donors (Lipinski definition) is 0. The van der Waals surface area contributed by atoms with Gasteiger partial charge >= 0.3 is 0 Å². The van der Waals surface area contributed by atoms with E-state index in [4.69, 9.17) is 0 Å². The Bertz CT molecular complexity index is 348. The van der Waals surface area contributed by atoms with Crippen molar-refractivity contribution in [3.05, 3.63) is 47.5 Å². The van der Waals surface area contributed by atoms with Crippen LogP contribution in [0.4, 0.5) is 0 Å². The molecule has 0 aromatic heterocycles. The van der Waals surface area contributed by atoms with Crippen molar-refractivity contribution >= 4 is 5.71 Å². The normalized spacial score (nSPS) is 13.2. The Labute approximate surface area is 86.2 Å². The van der Waals surface area contributed by atoms with Gasteiger partial charge in [-0.1, -0.05) is 44.2 Å². The highest BCUT2D eigenvalue weighted by Crippen LogP contribution is 2.18.